The predicted octanol–water partition coefficient (Wildman–Crippen LogP) is 7.65. The van der Waals surface area contributed by atoms with Crippen LogP contribution in [0.3, 0.4) is 0 Å². The van der Waals surface area contributed by atoms with Crippen LogP contribution in [0.1, 0.15) is 48.1 Å². The lowest BCUT2D eigenvalue weighted by atomic mass is 9.88. The minimum Gasteiger partial charge on any atom is -0.496 e. The molecule has 0 amide bonds. The monoisotopic (exact) mass is 470 g/mol. The van der Waals surface area contributed by atoms with Gasteiger partial charge in [0.1, 0.15) is 11.6 Å². The molecule has 4 aromatic carbocycles. The van der Waals surface area contributed by atoms with Crippen LogP contribution in [0.25, 0.3) is 0 Å². The summed E-state index contributed by atoms with van der Waals surface area (Å²) in [6.45, 7) is 4.43. The molecule has 0 saturated carbocycles. The van der Waals surface area contributed by atoms with Crippen molar-refractivity contribution in [1.29, 1.82) is 0 Å². The van der Waals surface area contributed by atoms with Gasteiger partial charge in [0.15, 0.2) is 0 Å². The van der Waals surface area contributed by atoms with Crippen LogP contribution in [0.4, 0.5) is 4.39 Å². The maximum atomic E-state index is 14.7. The Hall–Kier alpha value is -2.96. The number of ether oxygens (including phenoxy) is 1. The van der Waals surface area contributed by atoms with Gasteiger partial charge in [-0.15, -0.1) is 0 Å². The molecule has 4 aromatic rings. The van der Waals surface area contributed by atoms with Gasteiger partial charge in [0.2, 0.25) is 0 Å². The highest BCUT2D eigenvalue weighted by Gasteiger charge is 2.31. The summed E-state index contributed by atoms with van der Waals surface area (Å²) in [7, 11) is 2.05. The first kappa shape index (κ1) is 24.2. The summed E-state index contributed by atoms with van der Waals surface area (Å²) in [5.41, 5.74) is 6.12. The second-order valence-corrected chi connectivity index (χ2v) is 10.8. The smallest absolute Gasteiger partial charge is 0.130 e. The molecule has 0 spiro atoms. The van der Waals surface area contributed by atoms with Gasteiger partial charge in [0.05, 0.1) is 7.11 Å². The Labute approximate surface area is 204 Å². The molecule has 0 bridgehead atoms. The zero-order valence-corrected chi connectivity index (χ0v) is 21.1. The van der Waals surface area contributed by atoms with Crippen LogP contribution < -0.4 is 10.0 Å². The van der Waals surface area contributed by atoms with Crippen molar-refractivity contribution in [3.8, 4) is 5.75 Å². The molecule has 0 fully saturated rings. The van der Waals surface area contributed by atoms with Gasteiger partial charge in [-0.05, 0) is 41.2 Å². The molecule has 2 atom stereocenters. The van der Waals surface area contributed by atoms with Crippen molar-refractivity contribution in [2.45, 2.75) is 38.3 Å². The number of methoxy groups -OCH3 is 1. The van der Waals surface area contributed by atoms with E-state index in [2.05, 4.69) is 74.5 Å². The fourth-order valence-corrected chi connectivity index (χ4v) is 5.97. The lowest BCUT2D eigenvalue weighted by Crippen LogP contribution is -2.21. The number of hydrogen-bond acceptors (Lipinski definition) is 1. The largest absolute Gasteiger partial charge is 0.496 e. The first-order chi connectivity index (χ1) is 16.5. The van der Waals surface area contributed by atoms with Gasteiger partial charge in [-0.2, -0.15) is 0 Å². The Morgan fingerprint density at radius 2 is 1.35 bits per heavy atom. The molecule has 1 nitrogen and oxygen atoms in total. The third kappa shape index (κ3) is 5.57. The summed E-state index contributed by atoms with van der Waals surface area (Å²) in [5.74, 6) is 0.790. The zero-order chi connectivity index (χ0) is 24.0. The maximum absolute atomic E-state index is 14.7. The fraction of sp³-hybridized carbons (Fsp3) is 0.226. The Bertz CT molecular complexity index is 1220. The van der Waals surface area contributed by atoms with Crippen molar-refractivity contribution < 1.29 is 9.13 Å². The van der Waals surface area contributed by atoms with Crippen LogP contribution in [0.2, 0.25) is 0 Å². The molecule has 0 aliphatic heterocycles. The number of halogens is 1. The molecule has 4 rings (SSSR count). The van der Waals surface area contributed by atoms with E-state index in [4.69, 9.17) is 4.74 Å². The van der Waals surface area contributed by atoms with E-state index in [0.29, 0.717) is 8.58 Å². The van der Waals surface area contributed by atoms with E-state index in [-0.39, 0.29) is 11.0 Å². The molecule has 0 heterocycles. The van der Waals surface area contributed by atoms with Crippen LogP contribution in [0.5, 0.6) is 5.75 Å². The number of benzene rings is 4. The summed E-state index contributed by atoms with van der Waals surface area (Å²) in [5, 5.41) is 0.526. The molecule has 0 aromatic heterocycles. The molecule has 174 valence electrons. The highest BCUT2D eigenvalue weighted by atomic mass is 31.1. The van der Waals surface area contributed by atoms with E-state index < -0.39 is 0 Å². The van der Waals surface area contributed by atoms with Gasteiger partial charge in [0.25, 0.3) is 0 Å². The van der Waals surface area contributed by atoms with Gasteiger partial charge in [-0.25, -0.2) is 4.39 Å². The number of hydrogen-bond donors (Lipinski definition) is 0. The molecule has 34 heavy (non-hydrogen) atoms. The zero-order valence-electron chi connectivity index (χ0n) is 20.1. The normalized spacial score (nSPS) is 13.2. The minimum atomic E-state index is -0.244. The molecule has 0 saturated heterocycles. The fourth-order valence-electron chi connectivity index (χ4n) is 4.49. The highest BCUT2D eigenvalue weighted by molar-refractivity contribution is 7.48. The molecular formula is C31H32FOP. The average molecular weight is 471 g/mol. The summed E-state index contributed by atoms with van der Waals surface area (Å²) in [4.78, 5) is 0. The Morgan fingerprint density at radius 1 is 0.765 bits per heavy atom. The van der Waals surface area contributed by atoms with Gasteiger partial charge in [0, 0.05) is 22.4 Å². The van der Waals surface area contributed by atoms with Crippen molar-refractivity contribution in [3.63, 3.8) is 0 Å². The molecule has 0 N–H and O–H groups in total. The van der Waals surface area contributed by atoms with Crippen LogP contribution >= 0.6 is 8.58 Å². The SMILES string of the molecule is CCC(C)(Pc1ccccc1F)c1cc(Cc2ccccc2)cc(Cc2ccccc2)c1OC. The highest BCUT2D eigenvalue weighted by Crippen LogP contribution is 2.49. The van der Waals surface area contributed by atoms with E-state index in [0.717, 1.165) is 30.3 Å². The molecule has 3 heteroatoms. The third-order valence-electron chi connectivity index (χ3n) is 6.50. The lowest BCUT2D eigenvalue weighted by Gasteiger charge is -2.32. The molecule has 0 aliphatic carbocycles. The second kappa shape index (κ2) is 11.0. The topological polar surface area (TPSA) is 9.23 Å². The van der Waals surface area contributed by atoms with Crippen molar-refractivity contribution in [2.75, 3.05) is 7.11 Å². The van der Waals surface area contributed by atoms with E-state index in [9.17, 15) is 4.39 Å². The van der Waals surface area contributed by atoms with Crippen molar-refractivity contribution >= 4 is 13.9 Å². The van der Waals surface area contributed by atoms with Crippen molar-refractivity contribution in [3.05, 3.63) is 131 Å². The average Bonchev–Trinajstić information content (AvgIpc) is 2.86. The van der Waals surface area contributed by atoms with Gasteiger partial charge >= 0.3 is 0 Å². The molecular weight excluding hydrogens is 438 g/mol. The minimum absolute atomic E-state index is 0.135. The standard InChI is InChI=1S/C31H32FOP/c1-4-31(2,34-29-18-12-11-17-28(29)32)27-22-25(19-23-13-7-5-8-14-23)21-26(30(27)33-3)20-24-15-9-6-10-16-24/h5-18,21-22,34H,4,19-20H2,1-3H3. The van der Waals surface area contributed by atoms with E-state index in [1.807, 2.05) is 24.3 Å². The van der Waals surface area contributed by atoms with Gasteiger partial charge in [-0.1, -0.05) is 113 Å². The van der Waals surface area contributed by atoms with Crippen molar-refractivity contribution in [2.24, 2.45) is 0 Å². The third-order valence-corrected chi connectivity index (χ3v) is 8.35. The van der Waals surface area contributed by atoms with Gasteiger partial charge in [-0.3, -0.25) is 0 Å². The van der Waals surface area contributed by atoms with Crippen LogP contribution in [0.15, 0.2) is 97.1 Å². The molecule has 2 unspecified atom stereocenters. The predicted molar refractivity (Wildman–Crippen MR) is 143 cm³/mol. The summed E-state index contributed by atoms with van der Waals surface area (Å²) in [6.07, 6.45) is 2.53. The summed E-state index contributed by atoms with van der Waals surface area (Å²) >= 11 is 0. The van der Waals surface area contributed by atoms with E-state index >= 15 is 0 Å². The maximum Gasteiger partial charge on any atom is 0.130 e. The Kier molecular flexibility index (Phi) is 7.80. The van der Waals surface area contributed by atoms with E-state index in [1.54, 1.807) is 19.2 Å². The lowest BCUT2D eigenvalue weighted by molar-refractivity contribution is 0.398. The summed E-state index contributed by atoms with van der Waals surface area (Å²) < 4.78 is 20.7. The van der Waals surface area contributed by atoms with E-state index in [1.165, 1.54) is 27.8 Å². The second-order valence-electron chi connectivity index (χ2n) is 8.95. The van der Waals surface area contributed by atoms with Crippen LogP contribution in [-0.4, -0.2) is 7.11 Å². The molecule has 0 aliphatic rings. The first-order valence-electron chi connectivity index (χ1n) is 11.8. The van der Waals surface area contributed by atoms with Crippen molar-refractivity contribution in [1.82, 2.24) is 0 Å². The Morgan fingerprint density at radius 3 is 1.94 bits per heavy atom. The molecule has 0 radical (unpaired) electrons. The van der Waals surface area contributed by atoms with Crippen LogP contribution in [0, 0.1) is 5.82 Å². The Balaban J connectivity index is 1.83. The quantitative estimate of drug-likeness (QED) is 0.228. The number of rotatable bonds is 9. The summed E-state index contributed by atoms with van der Waals surface area (Å²) in [6, 6.07) is 32.8. The van der Waals surface area contributed by atoms with Gasteiger partial charge < -0.3 is 4.74 Å². The van der Waals surface area contributed by atoms with Crippen LogP contribution in [-0.2, 0) is 18.0 Å². The first-order valence-corrected chi connectivity index (χ1v) is 12.8.